The second kappa shape index (κ2) is 9.99. The highest BCUT2D eigenvalue weighted by atomic mass is 35.5. The summed E-state index contributed by atoms with van der Waals surface area (Å²) in [6.45, 7) is 3.06. The number of piperidine rings is 1. The van der Waals surface area contributed by atoms with E-state index >= 15 is 0 Å². The van der Waals surface area contributed by atoms with E-state index in [4.69, 9.17) is 20.5 Å². The number of carbonyl (C=O) groups excluding carboxylic acids is 2. The molecule has 32 heavy (non-hydrogen) atoms. The molecule has 0 saturated carbocycles. The number of furan rings is 1. The third-order valence-electron chi connectivity index (χ3n) is 5.50. The second-order valence-electron chi connectivity index (χ2n) is 7.91. The SMILES string of the molecule is Cc1ccc(C(=O)NC2CCN(C(=O)CCCc3nc(-c4ccc(Cl)cc4)no3)CC2)o1. The zero-order valence-corrected chi connectivity index (χ0v) is 18.6. The van der Waals surface area contributed by atoms with Crippen molar-refractivity contribution in [1.29, 1.82) is 0 Å². The average molecular weight is 457 g/mol. The Bertz CT molecular complexity index is 1070. The Morgan fingerprint density at radius 3 is 2.59 bits per heavy atom. The predicted octanol–water partition coefficient (Wildman–Crippen LogP) is 4.04. The molecule has 1 N–H and O–H groups in total. The molecule has 0 radical (unpaired) electrons. The Hall–Kier alpha value is -3.13. The summed E-state index contributed by atoms with van der Waals surface area (Å²) in [7, 11) is 0. The molecule has 1 aliphatic rings. The van der Waals surface area contributed by atoms with Crippen molar-refractivity contribution in [2.24, 2.45) is 0 Å². The van der Waals surface area contributed by atoms with E-state index in [9.17, 15) is 9.59 Å². The lowest BCUT2D eigenvalue weighted by atomic mass is 10.0. The summed E-state index contributed by atoms with van der Waals surface area (Å²) < 4.78 is 10.7. The van der Waals surface area contributed by atoms with Crippen LogP contribution in [0.1, 0.15) is 47.9 Å². The van der Waals surface area contributed by atoms with Gasteiger partial charge in [-0.15, -0.1) is 0 Å². The summed E-state index contributed by atoms with van der Waals surface area (Å²) in [6, 6.07) is 10.7. The van der Waals surface area contributed by atoms with Crippen molar-refractivity contribution in [3.05, 3.63) is 58.8 Å². The van der Waals surface area contributed by atoms with Gasteiger partial charge in [0, 0.05) is 42.6 Å². The zero-order chi connectivity index (χ0) is 22.5. The monoisotopic (exact) mass is 456 g/mol. The molecule has 0 unspecified atom stereocenters. The van der Waals surface area contributed by atoms with Gasteiger partial charge in [0.15, 0.2) is 5.76 Å². The number of aryl methyl sites for hydroxylation is 2. The van der Waals surface area contributed by atoms with Gasteiger partial charge in [-0.05, 0) is 62.6 Å². The highest BCUT2D eigenvalue weighted by molar-refractivity contribution is 6.30. The van der Waals surface area contributed by atoms with Gasteiger partial charge in [0.2, 0.25) is 17.6 Å². The molecule has 4 rings (SSSR count). The molecule has 2 amide bonds. The molecule has 0 atom stereocenters. The van der Waals surface area contributed by atoms with Crippen LogP contribution >= 0.6 is 11.6 Å². The Morgan fingerprint density at radius 1 is 1.16 bits per heavy atom. The number of carbonyl (C=O) groups is 2. The van der Waals surface area contributed by atoms with E-state index in [1.54, 1.807) is 31.2 Å². The molecule has 3 heterocycles. The number of hydrogen-bond donors (Lipinski definition) is 1. The van der Waals surface area contributed by atoms with E-state index in [0.717, 1.165) is 18.4 Å². The molecule has 1 saturated heterocycles. The van der Waals surface area contributed by atoms with E-state index in [1.165, 1.54) is 0 Å². The molecule has 9 heteroatoms. The summed E-state index contributed by atoms with van der Waals surface area (Å²) in [5.41, 5.74) is 0.831. The topological polar surface area (TPSA) is 101 Å². The number of halogens is 1. The minimum atomic E-state index is -0.208. The summed E-state index contributed by atoms with van der Waals surface area (Å²) in [6.07, 6.45) is 3.05. The Labute approximate surface area is 190 Å². The van der Waals surface area contributed by atoms with Crippen molar-refractivity contribution >= 4 is 23.4 Å². The number of nitrogens with one attached hydrogen (secondary N) is 1. The van der Waals surface area contributed by atoms with Crippen molar-refractivity contribution in [1.82, 2.24) is 20.4 Å². The van der Waals surface area contributed by atoms with Gasteiger partial charge < -0.3 is 19.2 Å². The number of amides is 2. The van der Waals surface area contributed by atoms with Crippen LogP contribution in [-0.2, 0) is 11.2 Å². The first kappa shape index (κ1) is 22.1. The van der Waals surface area contributed by atoms with Crippen molar-refractivity contribution in [3.8, 4) is 11.4 Å². The fourth-order valence-corrected chi connectivity index (χ4v) is 3.83. The summed E-state index contributed by atoms with van der Waals surface area (Å²) in [5, 5.41) is 7.63. The van der Waals surface area contributed by atoms with E-state index in [2.05, 4.69) is 15.5 Å². The van der Waals surface area contributed by atoms with E-state index < -0.39 is 0 Å². The largest absolute Gasteiger partial charge is 0.456 e. The maximum absolute atomic E-state index is 12.5. The maximum atomic E-state index is 12.5. The van der Waals surface area contributed by atoms with Gasteiger partial charge in [0.05, 0.1) is 0 Å². The zero-order valence-electron chi connectivity index (χ0n) is 17.8. The van der Waals surface area contributed by atoms with Crippen LogP contribution in [0.2, 0.25) is 5.02 Å². The molecule has 2 aromatic heterocycles. The molecule has 0 bridgehead atoms. The van der Waals surface area contributed by atoms with Crippen LogP contribution in [0.25, 0.3) is 11.4 Å². The van der Waals surface area contributed by atoms with Crippen LogP contribution in [0.4, 0.5) is 0 Å². The fraction of sp³-hybridized carbons (Fsp3) is 0.391. The van der Waals surface area contributed by atoms with Crippen LogP contribution in [-0.4, -0.2) is 46.0 Å². The molecule has 1 aliphatic heterocycles. The number of rotatable bonds is 7. The second-order valence-corrected chi connectivity index (χ2v) is 8.35. The van der Waals surface area contributed by atoms with Gasteiger partial charge in [0.1, 0.15) is 5.76 Å². The Kier molecular flexibility index (Phi) is 6.90. The van der Waals surface area contributed by atoms with Crippen LogP contribution in [0, 0.1) is 6.92 Å². The summed E-state index contributed by atoms with van der Waals surface area (Å²) in [4.78, 5) is 31.0. The molecular formula is C23H25ClN4O4. The van der Waals surface area contributed by atoms with Crippen molar-refractivity contribution < 1.29 is 18.5 Å². The van der Waals surface area contributed by atoms with Gasteiger partial charge in [-0.1, -0.05) is 16.8 Å². The third-order valence-corrected chi connectivity index (χ3v) is 5.75. The summed E-state index contributed by atoms with van der Waals surface area (Å²) in [5.74, 6) is 1.95. The number of likely N-dealkylation sites (tertiary alicyclic amines) is 1. The van der Waals surface area contributed by atoms with E-state index in [0.29, 0.717) is 60.6 Å². The number of nitrogens with zero attached hydrogens (tertiary/aromatic N) is 3. The standard InChI is InChI=1S/C23H25ClN4O4/c1-15-5-10-19(31-15)23(30)25-18-11-13-28(14-12-18)21(29)4-2-3-20-26-22(27-32-20)16-6-8-17(24)9-7-16/h5-10,18H,2-4,11-14H2,1H3,(H,25,30). The quantitative estimate of drug-likeness (QED) is 0.575. The number of benzene rings is 1. The van der Waals surface area contributed by atoms with Crippen molar-refractivity contribution in [2.45, 2.75) is 45.1 Å². The molecule has 168 valence electrons. The van der Waals surface area contributed by atoms with Gasteiger partial charge in [0.25, 0.3) is 5.91 Å². The molecule has 0 aliphatic carbocycles. The highest BCUT2D eigenvalue weighted by Gasteiger charge is 2.24. The van der Waals surface area contributed by atoms with Crippen LogP contribution in [0.3, 0.4) is 0 Å². The van der Waals surface area contributed by atoms with Crippen molar-refractivity contribution in [2.75, 3.05) is 13.1 Å². The molecule has 8 nitrogen and oxygen atoms in total. The lowest BCUT2D eigenvalue weighted by molar-refractivity contribution is -0.132. The number of aromatic nitrogens is 2. The lowest BCUT2D eigenvalue weighted by Gasteiger charge is -2.32. The van der Waals surface area contributed by atoms with Gasteiger partial charge in [-0.25, -0.2) is 0 Å². The average Bonchev–Trinajstić information content (AvgIpc) is 3.44. The molecule has 1 fully saturated rings. The highest BCUT2D eigenvalue weighted by Crippen LogP contribution is 2.19. The normalized spacial score (nSPS) is 14.5. The third kappa shape index (κ3) is 5.56. The number of hydrogen-bond acceptors (Lipinski definition) is 6. The lowest BCUT2D eigenvalue weighted by Crippen LogP contribution is -2.46. The Balaban J connectivity index is 1.18. The van der Waals surface area contributed by atoms with E-state index in [1.807, 2.05) is 17.0 Å². The fourth-order valence-electron chi connectivity index (χ4n) is 3.71. The van der Waals surface area contributed by atoms with E-state index in [-0.39, 0.29) is 17.9 Å². The molecule has 1 aromatic carbocycles. The molecule has 0 spiro atoms. The maximum Gasteiger partial charge on any atom is 0.287 e. The smallest absolute Gasteiger partial charge is 0.287 e. The molecular weight excluding hydrogens is 432 g/mol. The first-order valence-corrected chi connectivity index (χ1v) is 11.1. The first-order chi connectivity index (χ1) is 15.5. The van der Waals surface area contributed by atoms with Crippen LogP contribution in [0.15, 0.2) is 45.3 Å². The van der Waals surface area contributed by atoms with Crippen molar-refractivity contribution in [3.63, 3.8) is 0 Å². The summed E-state index contributed by atoms with van der Waals surface area (Å²) >= 11 is 5.90. The predicted molar refractivity (Wildman–Crippen MR) is 118 cm³/mol. The van der Waals surface area contributed by atoms with Crippen LogP contribution < -0.4 is 5.32 Å². The van der Waals surface area contributed by atoms with Gasteiger partial charge in [-0.3, -0.25) is 9.59 Å². The molecule has 3 aromatic rings. The Morgan fingerprint density at radius 2 is 1.91 bits per heavy atom. The van der Waals surface area contributed by atoms with Crippen LogP contribution in [0.5, 0.6) is 0 Å². The van der Waals surface area contributed by atoms with Gasteiger partial charge in [-0.2, -0.15) is 4.98 Å². The first-order valence-electron chi connectivity index (χ1n) is 10.7. The minimum Gasteiger partial charge on any atom is -0.456 e. The minimum absolute atomic E-state index is 0.0432. The van der Waals surface area contributed by atoms with Gasteiger partial charge >= 0.3 is 0 Å².